The van der Waals surface area contributed by atoms with Gasteiger partial charge in [0.05, 0.1) is 5.75 Å². The number of rotatable bonds is 6. The smallest absolute Gasteiger partial charge is 0.148 e. The van der Waals surface area contributed by atoms with E-state index >= 15 is 0 Å². The molecule has 1 rings (SSSR count). The van der Waals surface area contributed by atoms with E-state index in [1.807, 2.05) is 0 Å². The second-order valence-electron chi connectivity index (χ2n) is 4.92. The van der Waals surface area contributed by atoms with Crippen LogP contribution in [0.15, 0.2) is 0 Å². The molecule has 0 radical (unpaired) electrons. The molecule has 4 nitrogen and oxygen atoms in total. The van der Waals surface area contributed by atoms with Crippen molar-refractivity contribution in [2.75, 3.05) is 45.2 Å². The van der Waals surface area contributed by atoms with E-state index in [-0.39, 0.29) is 5.75 Å². The summed E-state index contributed by atoms with van der Waals surface area (Å²) in [6.45, 7) is 3.94. The van der Waals surface area contributed by atoms with Gasteiger partial charge in [0.1, 0.15) is 9.84 Å². The first-order chi connectivity index (χ1) is 7.47. The third-order valence-corrected chi connectivity index (χ3v) is 4.16. The van der Waals surface area contributed by atoms with Gasteiger partial charge in [-0.15, -0.1) is 0 Å². The fraction of sp³-hybridized carbons (Fsp3) is 1.00. The highest BCUT2D eigenvalue weighted by atomic mass is 32.2. The SMILES string of the molecule is CN1CCC(CCNCCS(C)(=O)=O)CC1. The summed E-state index contributed by atoms with van der Waals surface area (Å²) in [7, 11) is -0.639. The Kier molecular flexibility index (Phi) is 5.72. The topological polar surface area (TPSA) is 49.4 Å². The van der Waals surface area contributed by atoms with Crippen LogP contribution in [-0.4, -0.2) is 58.6 Å². The lowest BCUT2D eigenvalue weighted by molar-refractivity contribution is 0.212. The van der Waals surface area contributed by atoms with Gasteiger partial charge in [-0.3, -0.25) is 0 Å². The van der Waals surface area contributed by atoms with Crippen LogP contribution in [0, 0.1) is 5.92 Å². The molecule has 0 aromatic rings. The van der Waals surface area contributed by atoms with E-state index in [2.05, 4.69) is 17.3 Å². The summed E-state index contributed by atoms with van der Waals surface area (Å²) in [6, 6.07) is 0. The number of hydrogen-bond donors (Lipinski definition) is 1. The summed E-state index contributed by atoms with van der Waals surface area (Å²) >= 11 is 0. The Labute approximate surface area is 99.3 Å². The first-order valence-corrected chi connectivity index (χ1v) is 8.10. The van der Waals surface area contributed by atoms with Gasteiger partial charge in [-0.05, 0) is 51.9 Å². The molecular formula is C11H24N2O2S. The third-order valence-electron chi connectivity index (χ3n) is 3.22. The van der Waals surface area contributed by atoms with Crippen LogP contribution in [0.25, 0.3) is 0 Å². The summed E-state index contributed by atoms with van der Waals surface area (Å²) in [4.78, 5) is 2.37. The maximum absolute atomic E-state index is 10.9. The predicted molar refractivity (Wildman–Crippen MR) is 67.4 cm³/mol. The molecule has 1 heterocycles. The van der Waals surface area contributed by atoms with Crippen molar-refractivity contribution < 1.29 is 8.42 Å². The number of nitrogens with zero attached hydrogens (tertiary/aromatic N) is 1. The Bertz CT molecular complexity index is 282. The number of piperidine rings is 1. The molecule has 1 aliphatic rings. The molecular weight excluding hydrogens is 224 g/mol. The molecule has 0 aromatic carbocycles. The highest BCUT2D eigenvalue weighted by molar-refractivity contribution is 7.90. The lowest BCUT2D eigenvalue weighted by atomic mass is 9.94. The van der Waals surface area contributed by atoms with Crippen LogP contribution in [0.2, 0.25) is 0 Å². The average molecular weight is 248 g/mol. The zero-order valence-corrected chi connectivity index (χ0v) is 11.2. The van der Waals surface area contributed by atoms with Crippen molar-refractivity contribution in [3.05, 3.63) is 0 Å². The van der Waals surface area contributed by atoms with Crippen LogP contribution in [0.1, 0.15) is 19.3 Å². The monoisotopic (exact) mass is 248 g/mol. The minimum Gasteiger partial charge on any atom is -0.316 e. The minimum absolute atomic E-state index is 0.250. The van der Waals surface area contributed by atoms with Gasteiger partial charge in [-0.1, -0.05) is 0 Å². The molecule has 0 aromatic heterocycles. The Morgan fingerprint density at radius 3 is 2.44 bits per heavy atom. The third kappa shape index (κ3) is 6.45. The largest absolute Gasteiger partial charge is 0.316 e. The number of hydrogen-bond acceptors (Lipinski definition) is 4. The fourth-order valence-electron chi connectivity index (χ4n) is 2.04. The normalized spacial score (nSPS) is 20.1. The summed E-state index contributed by atoms with van der Waals surface area (Å²) in [5, 5.41) is 3.21. The van der Waals surface area contributed by atoms with Gasteiger partial charge in [0.2, 0.25) is 0 Å². The maximum Gasteiger partial charge on any atom is 0.148 e. The van der Waals surface area contributed by atoms with E-state index in [0.717, 1.165) is 12.5 Å². The van der Waals surface area contributed by atoms with Crippen LogP contribution in [-0.2, 0) is 9.84 Å². The summed E-state index contributed by atoms with van der Waals surface area (Å²) in [5.41, 5.74) is 0. The molecule has 0 unspecified atom stereocenters. The van der Waals surface area contributed by atoms with E-state index in [0.29, 0.717) is 6.54 Å². The number of likely N-dealkylation sites (tertiary alicyclic amines) is 1. The molecule has 0 atom stereocenters. The maximum atomic E-state index is 10.9. The number of nitrogens with one attached hydrogen (secondary N) is 1. The molecule has 1 aliphatic heterocycles. The van der Waals surface area contributed by atoms with Crippen LogP contribution in [0.5, 0.6) is 0 Å². The molecule has 16 heavy (non-hydrogen) atoms. The molecule has 0 spiro atoms. The molecule has 0 aliphatic carbocycles. The summed E-state index contributed by atoms with van der Waals surface area (Å²) < 4.78 is 21.8. The molecule has 0 amide bonds. The molecule has 0 saturated carbocycles. The molecule has 1 N–H and O–H groups in total. The van der Waals surface area contributed by atoms with Crippen molar-refractivity contribution in [2.24, 2.45) is 5.92 Å². The van der Waals surface area contributed by atoms with E-state index < -0.39 is 9.84 Å². The van der Waals surface area contributed by atoms with Crippen LogP contribution < -0.4 is 5.32 Å². The van der Waals surface area contributed by atoms with E-state index in [9.17, 15) is 8.42 Å². The van der Waals surface area contributed by atoms with Crippen molar-refractivity contribution in [1.82, 2.24) is 10.2 Å². The Morgan fingerprint density at radius 1 is 1.25 bits per heavy atom. The molecule has 1 fully saturated rings. The van der Waals surface area contributed by atoms with Gasteiger partial charge in [-0.25, -0.2) is 8.42 Å². The number of sulfone groups is 1. The highest BCUT2D eigenvalue weighted by Crippen LogP contribution is 2.18. The van der Waals surface area contributed by atoms with Crippen LogP contribution in [0.3, 0.4) is 0 Å². The van der Waals surface area contributed by atoms with Gasteiger partial charge in [0.15, 0.2) is 0 Å². The van der Waals surface area contributed by atoms with Crippen molar-refractivity contribution in [3.63, 3.8) is 0 Å². The Morgan fingerprint density at radius 2 is 1.88 bits per heavy atom. The minimum atomic E-state index is -2.81. The van der Waals surface area contributed by atoms with Crippen molar-refractivity contribution in [1.29, 1.82) is 0 Å². The van der Waals surface area contributed by atoms with E-state index in [4.69, 9.17) is 0 Å². The van der Waals surface area contributed by atoms with Gasteiger partial charge in [0, 0.05) is 12.8 Å². The van der Waals surface area contributed by atoms with Gasteiger partial charge in [-0.2, -0.15) is 0 Å². The van der Waals surface area contributed by atoms with E-state index in [1.54, 1.807) is 0 Å². The first-order valence-electron chi connectivity index (χ1n) is 6.04. The lowest BCUT2D eigenvalue weighted by Crippen LogP contribution is -2.32. The van der Waals surface area contributed by atoms with Crippen LogP contribution in [0.4, 0.5) is 0 Å². The summed E-state index contributed by atoms with van der Waals surface area (Å²) in [5.74, 6) is 1.07. The Balaban J connectivity index is 1.99. The highest BCUT2D eigenvalue weighted by Gasteiger charge is 2.15. The summed E-state index contributed by atoms with van der Waals surface area (Å²) in [6.07, 6.45) is 5.03. The first kappa shape index (κ1) is 13.9. The van der Waals surface area contributed by atoms with Crippen molar-refractivity contribution >= 4 is 9.84 Å². The molecule has 1 saturated heterocycles. The van der Waals surface area contributed by atoms with Crippen molar-refractivity contribution in [3.8, 4) is 0 Å². The van der Waals surface area contributed by atoms with Gasteiger partial charge >= 0.3 is 0 Å². The quantitative estimate of drug-likeness (QED) is 0.689. The standard InChI is InChI=1S/C11H24N2O2S/c1-13-8-4-11(5-9-13)3-6-12-7-10-16(2,14)15/h11-12H,3-10H2,1-2H3. The molecule has 0 bridgehead atoms. The molecule has 5 heteroatoms. The van der Waals surface area contributed by atoms with Gasteiger partial charge < -0.3 is 10.2 Å². The zero-order chi connectivity index (χ0) is 12.0. The van der Waals surface area contributed by atoms with Gasteiger partial charge in [0.25, 0.3) is 0 Å². The van der Waals surface area contributed by atoms with E-state index in [1.165, 1.54) is 38.6 Å². The molecule has 96 valence electrons. The zero-order valence-electron chi connectivity index (χ0n) is 10.4. The predicted octanol–water partition coefficient (Wildman–Crippen LogP) is 0.353. The lowest BCUT2D eigenvalue weighted by Gasteiger charge is -2.28. The second-order valence-corrected chi connectivity index (χ2v) is 7.17. The van der Waals surface area contributed by atoms with Crippen molar-refractivity contribution in [2.45, 2.75) is 19.3 Å². The van der Waals surface area contributed by atoms with Crippen LogP contribution >= 0.6 is 0 Å². The second kappa shape index (κ2) is 6.57. The fourth-order valence-corrected chi connectivity index (χ4v) is 2.55. The average Bonchev–Trinajstić information content (AvgIpc) is 2.19. The Hall–Kier alpha value is -0.130.